The van der Waals surface area contributed by atoms with Crippen molar-refractivity contribution in [1.82, 2.24) is 0 Å². The molecule has 5 heteroatoms. The van der Waals surface area contributed by atoms with Crippen LogP contribution in [0.25, 0.3) is 0 Å². The molecule has 1 saturated carbocycles. The highest BCUT2D eigenvalue weighted by molar-refractivity contribution is 5.98. The topological polar surface area (TPSA) is 73.6 Å². The standard InChI is InChI=1S/C16H24N2O3/c1-3-21-15(19)12-5-4-6-13(17)14(12)18-11-16(7-8-16)9-10-20-2/h4-6,18H,3,7-11,17H2,1-2H3. The maximum atomic E-state index is 12.0. The van der Waals surface area contributed by atoms with Gasteiger partial charge >= 0.3 is 5.97 Å². The molecule has 0 amide bonds. The Bertz CT molecular complexity index is 498. The van der Waals surface area contributed by atoms with Crippen molar-refractivity contribution < 1.29 is 14.3 Å². The van der Waals surface area contributed by atoms with Gasteiger partial charge in [0.25, 0.3) is 0 Å². The molecule has 21 heavy (non-hydrogen) atoms. The van der Waals surface area contributed by atoms with Crippen molar-refractivity contribution in [3.63, 3.8) is 0 Å². The Morgan fingerprint density at radius 3 is 2.81 bits per heavy atom. The molecule has 0 unspecified atom stereocenters. The van der Waals surface area contributed by atoms with Crippen LogP contribution < -0.4 is 11.1 Å². The van der Waals surface area contributed by atoms with Crippen LogP contribution in [0.3, 0.4) is 0 Å². The summed E-state index contributed by atoms with van der Waals surface area (Å²) in [4.78, 5) is 12.0. The number of methoxy groups -OCH3 is 1. The summed E-state index contributed by atoms with van der Waals surface area (Å²) in [6, 6.07) is 5.30. The first-order valence-electron chi connectivity index (χ1n) is 7.40. The minimum Gasteiger partial charge on any atom is -0.462 e. The van der Waals surface area contributed by atoms with Crippen LogP contribution in [0.1, 0.15) is 36.5 Å². The third-order valence-corrected chi connectivity index (χ3v) is 4.03. The fourth-order valence-electron chi connectivity index (χ4n) is 2.43. The molecule has 0 aliphatic heterocycles. The number of carbonyl (C=O) groups excluding carboxylic acids is 1. The zero-order chi connectivity index (χ0) is 15.3. The predicted molar refractivity (Wildman–Crippen MR) is 83.5 cm³/mol. The van der Waals surface area contributed by atoms with E-state index in [-0.39, 0.29) is 11.4 Å². The summed E-state index contributed by atoms with van der Waals surface area (Å²) in [5.74, 6) is -0.339. The lowest BCUT2D eigenvalue weighted by atomic mass is 10.0. The molecule has 1 aliphatic rings. The molecule has 0 heterocycles. The van der Waals surface area contributed by atoms with E-state index in [1.165, 1.54) is 12.8 Å². The van der Waals surface area contributed by atoms with E-state index in [1.54, 1.807) is 32.2 Å². The molecule has 0 saturated heterocycles. The van der Waals surface area contributed by atoms with Gasteiger partial charge in [0.2, 0.25) is 0 Å². The monoisotopic (exact) mass is 292 g/mol. The third-order valence-electron chi connectivity index (χ3n) is 4.03. The molecule has 1 aromatic rings. The molecule has 0 radical (unpaired) electrons. The van der Waals surface area contributed by atoms with Crippen LogP contribution in [0.15, 0.2) is 18.2 Å². The van der Waals surface area contributed by atoms with Crippen molar-refractivity contribution in [1.29, 1.82) is 0 Å². The van der Waals surface area contributed by atoms with E-state index >= 15 is 0 Å². The summed E-state index contributed by atoms with van der Waals surface area (Å²) in [5.41, 5.74) is 8.04. The fourth-order valence-corrected chi connectivity index (χ4v) is 2.43. The minimum absolute atomic E-state index is 0.282. The first kappa shape index (κ1) is 15.6. The van der Waals surface area contributed by atoms with E-state index in [1.807, 2.05) is 0 Å². The number of esters is 1. The summed E-state index contributed by atoms with van der Waals surface area (Å²) in [6.07, 6.45) is 3.40. The van der Waals surface area contributed by atoms with Gasteiger partial charge in [-0.15, -0.1) is 0 Å². The van der Waals surface area contributed by atoms with E-state index < -0.39 is 0 Å². The second-order valence-corrected chi connectivity index (χ2v) is 5.59. The average Bonchev–Trinajstić information content (AvgIpc) is 3.24. The number of hydrogen-bond donors (Lipinski definition) is 2. The van der Waals surface area contributed by atoms with Crippen LogP contribution in [-0.4, -0.2) is 32.8 Å². The van der Waals surface area contributed by atoms with Gasteiger partial charge in [-0.05, 0) is 43.7 Å². The number of nitrogens with one attached hydrogen (secondary N) is 1. The van der Waals surface area contributed by atoms with E-state index in [2.05, 4.69) is 5.32 Å². The fraction of sp³-hybridized carbons (Fsp3) is 0.562. The van der Waals surface area contributed by atoms with Crippen molar-refractivity contribution in [2.24, 2.45) is 5.41 Å². The lowest BCUT2D eigenvalue weighted by Gasteiger charge is -2.19. The SMILES string of the molecule is CCOC(=O)c1cccc(N)c1NCC1(CCOC)CC1. The number of benzene rings is 1. The maximum absolute atomic E-state index is 12.0. The number of rotatable bonds is 8. The predicted octanol–water partition coefficient (Wildman–Crippen LogP) is 2.67. The second kappa shape index (κ2) is 6.80. The van der Waals surface area contributed by atoms with E-state index in [0.29, 0.717) is 23.5 Å². The highest BCUT2D eigenvalue weighted by atomic mass is 16.5. The molecule has 1 aromatic carbocycles. The van der Waals surface area contributed by atoms with E-state index in [4.69, 9.17) is 15.2 Å². The van der Waals surface area contributed by atoms with Gasteiger partial charge in [-0.2, -0.15) is 0 Å². The van der Waals surface area contributed by atoms with E-state index in [9.17, 15) is 4.79 Å². The molecular weight excluding hydrogens is 268 g/mol. The quantitative estimate of drug-likeness (QED) is 0.569. The van der Waals surface area contributed by atoms with Gasteiger partial charge in [0.05, 0.1) is 23.5 Å². The maximum Gasteiger partial charge on any atom is 0.340 e. The molecule has 5 nitrogen and oxygen atoms in total. The van der Waals surface area contributed by atoms with Crippen LogP contribution in [0.5, 0.6) is 0 Å². The zero-order valence-corrected chi connectivity index (χ0v) is 12.8. The minimum atomic E-state index is -0.339. The van der Waals surface area contributed by atoms with Crippen LogP contribution in [0.4, 0.5) is 11.4 Å². The molecule has 116 valence electrons. The van der Waals surface area contributed by atoms with Gasteiger partial charge < -0.3 is 20.5 Å². The van der Waals surface area contributed by atoms with Crippen LogP contribution in [0, 0.1) is 5.41 Å². The molecule has 0 aromatic heterocycles. The number of ether oxygens (including phenoxy) is 2. The Balaban J connectivity index is 2.07. The Morgan fingerprint density at radius 1 is 1.43 bits per heavy atom. The molecule has 2 rings (SSSR count). The molecule has 3 N–H and O–H groups in total. The van der Waals surface area contributed by atoms with Gasteiger partial charge in [-0.1, -0.05) is 6.07 Å². The molecule has 1 aliphatic carbocycles. The van der Waals surface area contributed by atoms with Crippen LogP contribution in [-0.2, 0) is 9.47 Å². The summed E-state index contributed by atoms with van der Waals surface area (Å²) in [6.45, 7) is 3.71. The zero-order valence-electron chi connectivity index (χ0n) is 12.8. The van der Waals surface area contributed by atoms with Gasteiger partial charge in [0.1, 0.15) is 0 Å². The smallest absolute Gasteiger partial charge is 0.340 e. The molecule has 0 atom stereocenters. The number of hydrogen-bond acceptors (Lipinski definition) is 5. The van der Waals surface area contributed by atoms with Crippen molar-refractivity contribution in [2.45, 2.75) is 26.2 Å². The number of carbonyl (C=O) groups is 1. The number of anilines is 2. The number of nitrogens with two attached hydrogens (primary N) is 1. The van der Waals surface area contributed by atoms with Gasteiger partial charge in [0.15, 0.2) is 0 Å². The Hall–Kier alpha value is -1.75. The first-order valence-corrected chi connectivity index (χ1v) is 7.40. The summed E-state index contributed by atoms with van der Waals surface area (Å²) in [7, 11) is 1.72. The Morgan fingerprint density at radius 2 is 2.19 bits per heavy atom. The number of nitrogen functional groups attached to an aromatic ring is 1. The third kappa shape index (κ3) is 3.88. The average molecular weight is 292 g/mol. The van der Waals surface area contributed by atoms with Crippen molar-refractivity contribution in [3.8, 4) is 0 Å². The van der Waals surface area contributed by atoms with Gasteiger partial charge in [-0.25, -0.2) is 4.79 Å². The van der Waals surface area contributed by atoms with Crippen molar-refractivity contribution in [3.05, 3.63) is 23.8 Å². The van der Waals surface area contributed by atoms with Gasteiger partial charge in [-0.3, -0.25) is 0 Å². The van der Waals surface area contributed by atoms with Crippen molar-refractivity contribution >= 4 is 17.3 Å². The Kier molecular flexibility index (Phi) is 5.07. The first-order chi connectivity index (χ1) is 10.1. The lowest BCUT2D eigenvalue weighted by Crippen LogP contribution is -2.20. The summed E-state index contributed by atoms with van der Waals surface area (Å²) in [5, 5.41) is 3.35. The van der Waals surface area contributed by atoms with Crippen LogP contribution in [0.2, 0.25) is 0 Å². The Labute approximate surface area is 125 Å². The second-order valence-electron chi connectivity index (χ2n) is 5.59. The van der Waals surface area contributed by atoms with Gasteiger partial charge in [0, 0.05) is 20.3 Å². The van der Waals surface area contributed by atoms with Crippen molar-refractivity contribution in [2.75, 3.05) is 37.9 Å². The normalized spacial score (nSPS) is 15.5. The molecule has 1 fully saturated rings. The van der Waals surface area contributed by atoms with Crippen LogP contribution >= 0.6 is 0 Å². The molecule has 0 bridgehead atoms. The lowest BCUT2D eigenvalue weighted by molar-refractivity contribution is 0.0527. The summed E-state index contributed by atoms with van der Waals surface area (Å²) < 4.78 is 10.2. The molecular formula is C16H24N2O3. The molecule has 0 spiro atoms. The number of para-hydroxylation sites is 1. The summed E-state index contributed by atoms with van der Waals surface area (Å²) >= 11 is 0. The highest BCUT2D eigenvalue weighted by Gasteiger charge is 2.41. The highest BCUT2D eigenvalue weighted by Crippen LogP contribution is 2.49. The largest absolute Gasteiger partial charge is 0.462 e. The van der Waals surface area contributed by atoms with E-state index in [0.717, 1.165) is 19.6 Å².